The molecule has 7 heteroatoms. The Balaban J connectivity index is 1.35. The van der Waals surface area contributed by atoms with Gasteiger partial charge in [0.1, 0.15) is 0 Å². The molecule has 3 N–H and O–H groups in total. The lowest BCUT2D eigenvalue weighted by molar-refractivity contribution is -0.203. The number of ether oxygens (including phenoxy) is 2. The van der Waals surface area contributed by atoms with Gasteiger partial charge in [0, 0.05) is 13.0 Å². The molecule has 0 heterocycles. The second-order valence-electron chi connectivity index (χ2n) is 13.6. The normalized spacial score (nSPS) is 42.8. The van der Waals surface area contributed by atoms with Crippen molar-refractivity contribution in [2.45, 2.75) is 111 Å². The molecular weight excluding hydrogens is 482 g/mol. The molecule has 4 fully saturated rings. The zero-order valence-electron chi connectivity index (χ0n) is 24.4. The maximum absolute atomic E-state index is 12.1. The predicted molar refractivity (Wildman–Crippen MR) is 146 cm³/mol. The van der Waals surface area contributed by atoms with E-state index in [4.69, 9.17) is 4.74 Å². The summed E-state index contributed by atoms with van der Waals surface area (Å²) in [5, 5.41) is 25.1. The third-order valence-electron chi connectivity index (χ3n) is 12.0. The van der Waals surface area contributed by atoms with Gasteiger partial charge in [-0.25, -0.2) is 4.79 Å². The molecule has 0 saturated heterocycles. The molecule has 0 aromatic carbocycles. The first-order valence-corrected chi connectivity index (χ1v) is 15.4. The Morgan fingerprint density at radius 1 is 1.03 bits per heavy atom. The van der Waals surface area contributed by atoms with Gasteiger partial charge in [-0.05, 0) is 110 Å². The van der Waals surface area contributed by atoms with Gasteiger partial charge >= 0.3 is 12.1 Å². The number of carbonyl (C=O) groups is 2. The van der Waals surface area contributed by atoms with Gasteiger partial charge in [0.25, 0.3) is 0 Å². The summed E-state index contributed by atoms with van der Waals surface area (Å²) in [4.78, 5) is 23.3. The average molecular weight is 536 g/mol. The Kier molecular flexibility index (Phi) is 9.39. The lowest BCUT2D eigenvalue weighted by Crippen LogP contribution is -2.62. The Morgan fingerprint density at radius 2 is 1.74 bits per heavy atom. The fourth-order valence-electron chi connectivity index (χ4n) is 10.0. The quantitative estimate of drug-likeness (QED) is 0.273. The summed E-state index contributed by atoms with van der Waals surface area (Å²) in [5.74, 6) is 2.92. The number of alkyl carbamates (subject to hydrolysis) is 1. The van der Waals surface area contributed by atoms with Crippen LogP contribution in [0.1, 0.15) is 98.3 Å². The summed E-state index contributed by atoms with van der Waals surface area (Å²) >= 11 is 0. The molecule has 0 bridgehead atoms. The van der Waals surface area contributed by atoms with Crippen LogP contribution in [0, 0.1) is 52.3 Å². The second-order valence-corrected chi connectivity index (χ2v) is 13.6. The monoisotopic (exact) mass is 535 g/mol. The van der Waals surface area contributed by atoms with E-state index < -0.39 is 6.09 Å². The van der Waals surface area contributed by atoms with Crippen molar-refractivity contribution >= 4 is 12.1 Å². The van der Waals surface area contributed by atoms with Crippen LogP contribution in [-0.2, 0) is 14.3 Å². The SMILES string of the molecule is CC[C@@H]1C2C[C@H](O)CC[C@]2(C)[C@H]2CCC3(C)[C@@H]([C@H](C)CCOC(=O)NCCCC(=O)OC)CC[C@H]3[C@@H]2[C@@H]1O. The highest BCUT2D eigenvalue weighted by Crippen LogP contribution is 2.69. The number of methoxy groups -OCH3 is 1. The summed E-state index contributed by atoms with van der Waals surface area (Å²) < 4.78 is 10.1. The van der Waals surface area contributed by atoms with Crippen LogP contribution in [0.25, 0.3) is 0 Å². The molecule has 4 rings (SSSR count). The zero-order chi connectivity index (χ0) is 27.7. The van der Waals surface area contributed by atoms with E-state index in [9.17, 15) is 19.8 Å². The van der Waals surface area contributed by atoms with E-state index in [1.54, 1.807) is 0 Å². The highest BCUT2D eigenvalue weighted by atomic mass is 16.5. The van der Waals surface area contributed by atoms with Crippen molar-refractivity contribution in [2.24, 2.45) is 52.3 Å². The van der Waals surface area contributed by atoms with E-state index >= 15 is 0 Å². The van der Waals surface area contributed by atoms with Crippen LogP contribution in [0.4, 0.5) is 4.79 Å². The molecule has 7 nitrogen and oxygen atoms in total. The number of aliphatic hydroxyl groups is 2. The van der Waals surface area contributed by atoms with Gasteiger partial charge in [-0.3, -0.25) is 4.79 Å². The van der Waals surface area contributed by atoms with Crippen molar-refractivity contribution in [3.8, 4) is 0 Å². The molecule has 218 valence electrons. The summed E-state index contributed by atoms with van der Waals surface area (Å²) in [5.41, 5.74) is 0.445. The van der Waals surface area contributed by atoms with Crippen LogP contribution >= 0.6 is 0 Å². The fourth-order valence-corrected chi connectivity index (χ4v) is 10.0. The van der Waals surface area contributed by atoms with E-state index in [0.29, 0.717) is 55.1 Å². The van der Waals surface area contributed by atoms with E-state index in [1.165, 1.54) is 32.8 Å². The van der Waals surface area contributed by atoms with Gasteiger partial charge in [-0.1, -0.05) is 34.1 Å². The van der Waals surface area contributed by atoms with E-state index in [0.717, 1.165) is 32.1 Å². The predicted octanol–water partition coefficient (Wildman–Crippen LogP) is 5.32. The first-order chi connectivity index (χ1) is 18.1. The third-order valence-corrected chi connectivity index (χ3v) is 12.0. The Labute approximate surface area is 229 Å². The smallest absolute Gasteiger partial charge is 0.407 e. The van der Waals surface area contributed by atoms with Gasteiger partial charge in [-0.15, -0.1) is 0 Å². The van der Waals surface area contributed by atoms with Gasteiger partial charge in [0.15, 0.2) is 0 Å². The molecule has 0 radical (unpaired) electrons. The molecule has 2 unspecified atom stereocenters. The summed E-state index contributed by atoms with van der Waals surface area (Å²) in [6.45, 7) is 10.3. The van der Waals surface area contributed by atoms with Gasteiger partial charge in [0.05, 0.1) is 25.9 Å². The lowest BCUT2D eigenvalue weighted by Gasteiger charge is -2.64. The Bertz CT molecular complexity index is 835. The van der Waals surface area contributed by atoms with Crippen LogP contribution in [0.2, 0.25) is 0 Å². The van der Waals surface area contributed by atoms with Crippen molar-refractivity contribution in [1.82, 2.24) is 5.32 Å². The van der Waals surface area contributed by atoms with Gasteiger partial charge < -0.3 is 25.0 Å². The summed E-state index contributed by atoms with van der Waals surface area (Å²) in [6, 6.07) is 0. The number of amides is 1. The largest absolute Gasteiger partial charge is 0.469 e. The molecule has 4 aliphatic carbocycles. The van der Waals surface area contributed by atoms with Crippen molar-refractivity contribution < 1.29 is 29.3 Å². The number of fused-ring (bicyclic) bond motifs is 5. The highest BCUT2D eigenvalue weighted by Gasteiger charge is 2.64. The number of rotatable bonds is 9. The van der Waals surface area contributed by atoms with Crippen LogP contribution in [0.15, 0.2) is 0 Å². The van der Waals surface area contributed by atoms with Crippen molar-refractivity contribution in [3.63, 3.8) is 0 Å². The number of esters is 1. The molecule has 0 aromatic heterocycles. The summed E-state index contributed by atoms with van der Waals surface area (Å²) in [6.07, 6.45) is 9.38. The van der Waals surface area contributed by atoms with Gasteiger partial charge in [0.2, 0.25) is 0 Å². The average Bonchev–Trinajstić information content (AvgIpc) is 3.25. The number of hydrogen-bond acceptors (Lipinski definition) is 6. The zero-order valence-corrected chi connectivity index (χ0v) is 24.4. The number of carbonyl (C=O) groups excluding carboxylic acids is 2. The summed E-state index contributed by atoms with van der Waals surface area (Å²) in [7, 11) is 1.36. The first-order valence-electron chi connectivity index (χ1n) is 15.4. The third kappa shape index (κ3) is 5.48. The van der Waals surface area contributed by atoms with Crippen LogP contribution in [0.5, 0.6) is 0 Å². The number of hydrogen-bond donors (Lipinski definition) is 3. The molecule has 38 heavy (non-hydrogen) atoms. The van der Waals surface area contributed by atoms with Crippen LogP contribution in [0.3, 0.4) is 0 Å². The lowest BCUT2D eigenvalue weighted by atomic mass is 9.41. The van der Waals surface area contributed by atoms with Crippen molar-refractivity contribution in [3.05, 3.63) is 0 Å². The van der Waals surface area contributed by atoms with Crippen LogP contribution in [-0.4, -0.2) is 54.7 Å². The molecule has 0 aliphatic heterocycles. The van der Waals surface area contributed by atoms with Gasteiger partial charge in [-0.2, -0.15) is 0 Å². The number of nitrogens with one attached hydrogen (secondary N) is 1. The van der Waals surface area contributed by atoms with Crippen molar-refractivity contribution in [1.29, 1.82) is 0 Å². The fraction of sp³-hybridized carbons (Fsp3) is 0.935. The minimum absolute atomic E-state index is 0.208. The minimum atomic E-state index is -0.422. The maximum Gasteiger partial charge on any atom is 0.407 e. The van der Waals surface area contributed by atoms with Crippen molar-refractivity contribution in [2.75, 3.05) is 20.3 Å². The molecule has 4 saturated carbocycles. The molecule has 11 atom stereocenters. The Morgan fingerprint density at radius 3 is 2.45 bits per heavy atom. The Hall–Kier alpha value is -1.34. The molecular formula is C31H53NO6. The molecule has 0 aromatic rings. The maximum atomic E-state index is 12.1. The molecule has 4 aliphatic rings. The second kappa shape index (κ2) is 12.0. The first kappa shape index (κ1) is 29.6. The topological polar surface area (TPSA) is 105 Å². The van der Waals surface area contributed by atoms with E-state index in [2.05, 4.69) is 37.7 Å². The highest BCUT2D eigenvalue weighted by molar-refractivity contribution is 5.69. The van der Waals surface area contributed by atoms with E-state index in [1.807, 2.05) is 0 Å². The molecule has 0 spiro atoms. The number of aliphatic hydroxyl groups excluding tert-OH is 2. The van der Waals surface area contributed by atoms with Crippen LogP contribution < -0.4 is 5.32 Å². The molecule has 1 amide bonds. The minimum Gasteiger partial charge on any atom is -0.469 e. The standard InChI is InChI=1S/C31H53NO6/c1-6-21-25-18-20(33)11-14-31(25,4)24-12-15-30(3)22(9-10-23(30)27(24)28(21)35)19(2)13-17-38-29(36)32-16-7-8-26(34)37-5/h19-25,27-28,33,35H,6-18H2,1-5H3,(H,32,36)/t19-,20-,21-,22-,23+,24+,25?,27+,28-,30?,31-/m1/s1. The van der Waals surface area contributed by atoms with E-state index in [-0.39, 0.29) is 41.3 Å².